The Bertz CT molecular complexity index is 988. The van der Waals surface area contributed by atoms with Crippen molar-refractivity contribution >= 4 is 28.9 Å². The topological polar surface area (TPSA) is 111 Å². The first-order valence-electron chi connectivity index (χ1n) is 9.04. The summed E-state index contributed by atoms with van der Waals surface area (Å²) in [6.45, 7) is 2.47. The molecule has 0 radical (unpaired) electrons. The Morgan fingerprint density at radius 3 is 2.48 bits per heavy atom. The molecule has 3 rings (SSSR count). The van der Waals surface area contributed by atoms with Crippen LogP contribution in [0, 0.1) is 10.1 Å². The van der Waals surface area contributed by atoms with E-state index in [1.807, 2.05) is 6.92 Å². The van der Waals surface area contributed by atoms with Crippen molar-refractivity contribution < 1.29 is 24.0 Å². The summed E-state index contributed by atoms with van der Waals surface area (Å²) in [6, 6.07) is 7.67. The molecule has 1 heterocycles. The van der Waals surface area contributed by atoms with E-state index in [2.05, 4.69) is 5.32 Å². The van der Waals surface area contributed by atoms with Gasteiger partial charge in [-0.05, 0) is 37.1 Å². The van der Waals surface area contributed by atoms with Crippen LogP contribution in [0.25, 0.3) is 0 Å². The molecule has 0 saturated heterocycles. The van der Waals surface area contributed by atoms with E-state index in [1.165, 1.54) is 20.3 Å². The molecule has 0 aliphatic carbocycles. The highest BCUT2D eigenvalue weighted by atomic mass is 16.6. The van der Waals surface area contributed by atoms with Crippen molar-refractivity contribution in [1.29, 1.82) is 0 Å². The molecule has 0 fully saturated rings. The van der Waals surface area contributed by atoms with E-state index in [9.17, 15) is 19.7 Å². The number of anilines is 2. The van der Waals surface area contributed by atoms with E-state index in [1.54, 1.807) is 23.1 Å². The van der Waals surface area contributed by atoms with Gasteiger partial charge >= 0.3 is 0 Å². The van der Waals surface area contributed by atoms with Crippen LogP contribution >= 0.6 is 0 Å². The third-order valence-corrected chi connectivity index (χ3v) is 4.80. The molecule has 152 valence electrons. The molecule has 0 bridgehead atoms. The lowest BCUT2D eigenvalue weighted by molar-refractivity contribution is -0.385. The molecule has 1 aliphatic rings. The number of hydrogen-bond acceptors (Lipinski definition) is 6. The third kappa shape index (κ3) is 3.84. The van der Waals surface area contributed by atoms with Gasteiger partial charge in [0.15, 0.2) is 11.5 Å². The number of amides is 2. The quantitative estimate of drug-likeness (QED) is 0.590. The van der Waals surface area contributed by atoms with Crippen molar-refractivity contribution in [3.05, 3.63) is 51.6 Å². The van der Waals surface area contributed by atoms with Crippen LogP contribution in [0.2, 0.25) is 0 Å². The van der Waals surface area contributed by atoms with Crippen molar-refractivity contribution in [2.45, 2.75) is 19.8 Å². The summed E-state index contributed by atoms with van der Waals surface area (Å²) in [7, 11) is 2.74. The maximum atomic E-state index is 12.8. The number of rotatable bonds is 6. The van der Waals surface area contributed by atoms with Crippen LogP contribution in [-0.4, -0.2) is 37.5 Å². The molecule has 0 saturated carbocycles. The maximum Gasteiger partial charge on any atom is 0.286 e. The minimum atomic E-state index is -0.644. The summed E-state index contributed by atoms with van der Waals surface area (Å²) in [5, 5.41) is 14.1. The van der Waals surface area contributed by atoms with Gasteiger partial charge in [0.2, 0.25) is 5.91 Å². The van der Waals surface area contributed by atoms with Crippen LogP contribution in [0.15, 0.2) is 30.3 Å². The van der Waals surface area contributed by atoms with Gasteiger partial charge in [-0.25, -0.2) is 0 Å². The first-order valence-corrected chi connectivity index (χ1v) is 9.04. The van der Waals surface area contributed by atoms with Gasteiger partial charge in [0, 0.05) is 30.4 Å². The second-order valence-electron chi connectivity index (χ2n) is 6.42. The van der Waals surface area contributed by atoms with Crippen molar-refractivity contribution in [2.75, 3.05) is 31.0 Å². The zero-order valence-corrected chi connectivity index (χ0v) is 16.4. The number of nitro groups is 1. The van der Waals surface area contributed by atoms with Gasteiger partial charge < -0.3 is 19.7 Å². The van der Waals surface area contributed by atoms with E-state index in [-0.39, 0.29) is 28.7 Å². The Labute approximate surface area is 167 Å². The summed E-state index contributed by atoms with van der Waals surface area (Å²) in [6.07, 6.45) is 0.976. The number of hydrogen-bond donors (Lipinski definition) is 1. The Balaban J connectivity index is 1.93. The summed E-state index contributed by atoms with van der Waals surface area (Å²) < 4.78 is 10.2. The number of ether oxygens (including phenoxy) is 2. The van der Waals surface area contributed by atoms with Crippen LogP contribution < -0.4 is 19.7 Å². The Kier molecular flexibility index (Phi) is 5.67. The van der Waals surface area contributed by atoms with E-state index >= 15 is 0 Å². The summed E-state index contributed by atoms with van der Waals surface area (Å²) in [5.74, 6) is -0.200. The van der Waals surface area contributed by atoms with Gasteiger partial charge in [-0.2, -0.15) is 0 Å². The number of carbonyl (C=O) groups is 2. The first kappa shape index (κ1) is 20.1. The number of nitro benzene ring substituents is 1. The lowest BCUT2D eigenvalue weighted by Crippen LogP contribution is -2.34. The fourth-order valence-corrected chi connectivity index (χ4v) is 3.38. The zero-order valence-electron chi connectivity index (χ0n) is 16.4. The second kappa shape index (κ2) is 8.17. The molecule has 0 atom stereocenters. The first-order chi connectivity index (χ1) is 13.9. The van der Waals surface area contributed by atoms with Gasteiger partial charge in [-0.1, -0.05) is 0 Å². The highest BCUT2D eigenvalue weighted by Crippen LogP contribution is 2.35. The van der Waals surface area contributed by atoms with E-state index in [0.29, 0.717) is 25.1 Å². The highest BCUT2D eigenvalue weighted by molar-refractivity contribution is 6.08. The van der Waals surface area contributed by atoms with Gasteiger partial charge in [0.05, 0.1) is 25.2 Å². The van der Waals surface area contributed by atoms with Crippen molar-refractivity contribution in [3.63, 3.8) is 0 Å². The number of benzene rings is 2. The molecular formula is C20H21N3O6. The normalized spacial score (nSPS) is 12.9. The average molecular weight is 399 g/mol. The zero-order chi connectivity index (χ0) is 21.1. The Morgan fingerprint density at radius 2 is 1.86 bits per heavy atom. The molecule has 2 amide bonds. The summed E-state index contributed by atoms with van der Waals surface area (Å²) >= 11 is 0. The van der Waals surface area contributed by atoms with E-state index in [0.717, 1.165) is 17.3 Å². The molecule has 9 nitrogen and oxygen atoms in total. The lowest BCUT2D eigenvalue weighted by Gasteiger charge is -2.28. The van der Waals surface area contributed by atoms with Crippen LogP contribution in [-0.2, 0) is 11.2 Å². The SMILES string of the molecule is CCN1C(=O)CCc2cc(NC(=O)c3cc(OC)c(OC)cc3[N+](=O)[O-])ccc21. The van der Waals surface area contributed by atoms with Crippen LogP contribution in [0.3, 0.4) is 0 Å². The summed E-state index contributed by atoms with van der Waals surface area (Å²) in [4.78, 5) is 37.3. The molecular weight excluding hydrogens is 378 g/mol. The fraction of sp³-hybridized carbons (Fsp3) is 0.300. The van der Waals surface area contributed by atoms with Crippen LogP contribution in [0.5, 0.6) is 11.5 Å². The lowest BCUT2D eigenvalue weighted by atomic mass is 10.0. The molecule has 0 aromatic heterocycles. The van der Waals surface area contributed by atoms with E-state index < -0.39 is 10.8 Å². The Morgan fingerprint density at radius 1 is 1.17 bits per heavy atom. The third-order valence-electron chi connectivity index (χ3n) is 4.80. The minimum absolute atomic E-state index is 0.0674. The van der Waals surface area contributed by atoms with Gasteiger partial charge in [-0.15, -0.1) is 0 Å². The average Bonchev–Trinajstić information content (AvgIpc) is 2.72. The van der Waals surface area contributed by atoms with Gasteiger partial charge in [0.25, 0.3) is 11.6 Å². The molecule has 1 aliphatic heterocycles. The maximum absolute atomic E-state index is 12.8. The monoisotopic (exact) mass is 399 g/mol. The highest BCUT2D eigenvalue weighted by Gasteiger charge is 2.26. The second-order valence-corrected chi connectivity index (χ2v) is 6.42. The Hall–Kier alpha value is -3.62. The molecule has 2 aromatic rings. The smallest absolute Gasteiger partial charge is 0.286 e. The van der Waals surface area contributed by atoms with Crippen molar-refractivity contribution in [1.82, 2.24) is 0 Å². The van der Waals surface area contributed by atoms with E-state index in [4.69, 9.17) is 9.47 Å². The predicted octanol–water partition coefficient (Wildman–Crippen LogP) is 3.16. The number of fused-ring (bicyclic) bond motifs is 1. The number of nitrogens with one attached hydrogen (secondary N) is 1. The predicted molar refractivity (Wildman–Crippen MR) is 107 cm³/mol. The number of carbonyl (C=O) groups excluding carboxylic acids is 2. The fourth-order valence-electron chi connectivity index (χ4n) is 3.38. The molecule has 29 heavy (non-hydrogen) atoms. The van der Waals surface area contributed by atoms with Crippen LogP contribution in [0.1, 0.15) is 29.3 Å². The molecule has 0 unspecified atom stereocenters. The van der Waals surface area contributed by atoms with Crippen molar-refractivity contribution in [2.24, 2.45) is 0 Å². The molecule has 0 spiro atoms. The largest absolute Gasteiger partial charge is 0.493 e. The molecule has 9 heteroatoms. The number of nitrogens with zero attached hydrogens (tertiary/aromatic N) is 2. The van der Waals surface area contributed by atoms with Gasteiger partial charge in [0.1, 0.15) is 5.56 Å². The van der Waals surface area contributed by atoms with Crippen molar-refractivity contribution in [3.8, 4) is 11.5 Å². The minimum Gasteiger partial charge on any atom is -0.493 e. The number of aryl methyl sites for hydroxylation is 1. The standard InChI is InChI=1S/C20H21N3O6/c1-4-22-15-7-6-13(9-12(15)5-8-19(22)24)21-20(25)14-10-17(28-2)18(29-3)11-16(14)23(26)27/h6-7,9-11H,4-5,8H2,1-3H3,(H,21,25). The molecule has 1 N–H and O–H groups in total. The van der Waals surface area contributed by atoms with Crippen LogP contribution in [0.4, 0.5) is 17.1 Å². The molecule has 2 aromatic carbocycles. The summed E-state index contributed by atoms with van der Waals surface area (Å²) in [5.41, 5.74) is 1.71. The number of methoxy groups -OCH3 is 2. The van der Waals surface area contributed by atoms with Gasteiger partial charge in [-0.3, -0.25) is 19.7 Å².